The molecule has 1 amide bonds. The van der Waals surface area contributed by atoms with Gasteiger partial charge in [-0.05, 0) is 76.0 Å². The first-order valence-corrected chi connectivity index (χ1v) is 18.8. The summed E-state index contributed by atoms with van der Waals surface area (Å²) in [6, 6.07) is 37.6. The molecular weight excluding hydrogens is 613 g/mol. The molecule has 45 heavy (non-hydrogen) atoms. The van der Waals surface area contributed by atoms with E-state index in [0.29, 0.717) is 22.6 Å². The Morgan fingerprint density at radius 3 is 1.93 bits per heavy atom. The first-order chi connectivity index (χ1) is 21.6. The van der Waals surface area contributed by atoms with Gasteiger partial charge in [-0.3, -0.25) is 4.79 Å². The highest BCUT2D eigenvalue weighted by molar-refractivity contribution is 6.99. The SMILES string of the molecule is CC1C[C@H](c2cccc(Cl)c2)[C@@H](c2ccc(Cl)cc2)N([C@H](CO[Si](c2ccccc2)(c2ccccc2)C(C)(C)C)C2CC2)C1=O. The van der Waals surface area contributed by atoms with E-state index < -0.39 is 8.32 Å². The van der Waals surface area contributed by atoms with Gasteiger partial charge in [0.2, 0.25) is 5.91 Å². The van der Waals surface area contributed by atoms with Crippen LogP contribution in [-0.4, -0.2) is 31.8 Å². The second kappa shape index (κ2) is 13.1. The largest absolute Gasteiger partial charge is 0.405 e. The van der Waals surface area contributed by atoms with Crippen LogP contribution >= 0.6 is 23.2 Å². The van der Waals surface area contributed by atoms with Crippen LogP contribution in [0.15, 0.2) is 109 Å². The Morgan fingerprint density at radius 1 is 0.800 bits per heavy atom. The van der Waals surface area contributed by atoms with Crippen molar-refractivity contribution in [1.29, 1.82) is 0 Å². The maximum atomic E-state index is 14.5. The van der Waals surface area contributed by atoms with Crippen molar-refractivity contribution in [2.75, 3.05) is 6.61 Å². The number of hydrogen-bond acceptors (Lipinski definition) is 2. The van der Waals surface area contributed by atoms with Crippen molar-refractivity contribution < 1.29 is 9.22 Å². The summed E-state index contributed by atoms with van der Waals surface area (Å²) in [5.74, 6) is 0.571. The Hall–Kier alpha value is -2.89. The van der Waals surface area contributed by atoms with Crippen molar-refractivity contribution in [2.24, 2.45) is 11.8 Å². The fourth-order valence-electron chi connectivity index (χ4n) is 7.57. The molecule has 0 spiro atoms. The van der Waals surface area contributed by atoms with Crippen LogP contribution in [-0.2, 0) is 9.22 Å². The van der Waals surface area contributed by atoms with Crippen LogP contribution in [0.3, 0.4) is 0 Å². The van der Waals surface area contributed by atoms with Gasteiger partial charge in [0, 0.05) is 21.9 Å². The molecule has 6 heteroatoms. The highest BCUT2D eigenvalue weighted by Crippen LogP contribution is 2.50. The summed E-state index contributed by atoms with van der Waals surface area (Å²) in [5, 5.41) is 3.76. The number of halogens is 2. The molecule has 1 heterocycles. The number of amides is 1. The Morgan fingerprint density at radius 2 is 1.40 bits per heavy atom. The molecule has 0 bridgehead atoms. The number of piperidine rings is 1. The molecule has 1 unspecified atom stereocenters. The minimum atomic E-state index is -2.80. The number of benzene rings is 4. The zero-order valence-electron chi connectivity index (χ0n) is 26.6. The molecule has 4 aromatic rings. The third-order valence-corrected chi connectivity index (χ3v) is 15.4. The topological polar surface area (TPSA) is 29.5 Å². The number of carbonyl (C=O) groups is 1. The number of carbonyl (C=O) groups excluding carboxylic acids is 1. The number of rotatable bonds is 9. The molecule has 0 aromatic heterocycles. The van der Waals surface area contributed by atoms with Gasteiger partial charge in [-0.15, -0.1) is 0 Å². The second-order valence-electron chi connectivity index (χ2n) is 13.9. The number of nitrogens with zero attached hydrogens (tertiary/aromatic N) is 1. The fourth-order valence-corrected chi connectivity index (χ4v) is 12.5. The average Bonchev–Trinajstić information content (AvgIpc) is 3.87. The summed E-state index contributed by atoms with van der Waals surface area (Å²) < 4.78 is 7.53. The van der Waals surface area contributed by atoms with Gasteiger partial charge in [0.15, 0.2) is 0 Å². The van der Waals surface area contributed by atoms with Crippen LogP contribution < -0.4 is 10.4 Å². The van der Waals surface area contributed by atoms with Crippen molar-refractivity contribution >= 4 is 47.8 Å². The van der Waals surface area contributed by atoms with Crippen molar-refractivity contribution in [2.45, 2.75) is 70.0 Å². The highest BCUT2D eigenvalue weighted by Gasteiger charge is 2.53. The lowest BCUT2D eigenvalue weighted by atomic mass is 9.75. The summed E-state index contributed by atoms with van der Waals surface area (Å²) in [6.45, 7) is 9.50. The lowest BCUT2D eigenvalue weighted by Crippen LogP contribution is -2.67. The molecule has 4 atom stereocenters. The minimum absolute atomic E-state index is 0.0516. The van der Waals surface area contributed by atoms with Crippen LogP contribution in [0.2, 0.25) is 15.1 Å². The molecule has 1 saturated heterocycles. The minimum Gasteiger partial charge on any atom is -0.405 e. The van der Waals surface area contributed by atoms with Gasteiger partial charge in [0.05, 0.1) is 18.7 Å². The average molecular weight is 657 g/mol. The van der Waals surface area contributed by atoms with Gasteiger partial charge in [-0.2, -0.15) is 0 Å². The van der Waals surface area contributed by atoms with Crippen LogP contribution in [0.4, 0.5) is 0 Å². The van der Waals surface area contributed by atoms with Gasteiger partial charge in [-0.1, -0.05) is 136 Å². The molecule has 6 rings (SSSR count). The molecule has 1 saturated carbocycles. The van der Waals surface area contributed by atoms with Gasteiger partial charge < -0.3 is 9.33 Å². The first-order valence-electron chi connectivity index (χ1n) is 16.2. The van der Waals surface area contributed by atoms with Crippen LogP contribution in [0.25, 0.3) is 0 Å². The number of likely N-dealkylation sites (tertiary alicyclic amines) is 1. The smallest absolute Gasteiger partial charge is 0.261 e. The molecule has 234 valence electrons. The Balaban J connectivity index is 1.46. The van der Waals surface area contributed by atoms with E-state index in [1.165, 1.54) is 10.4 Å². The molecule has 0 N–H and O–H groups in total. The molecule has 2 fully saturated rings. The van der Waals surface area contributed by atoms with Crippen molar-refractivity contribution in [3.8, 4) is 0 Å². The van der Waals surface area contributed by atoms with E-state index in [1.807, 2.05) is 24.3 Å². The molecule has 1 aliphatic heterocycles. The lowest BCUT2D eigenvalue weighted by molar-refractivity contribution is -0.147. The second-order valence-corrected chi connectivity index (χ2v) is 19.1. The van der Waals surface area contributed by atoms with E-state index in [2.05, 4.69) is 118 Å². The van der Waals surface area contributed by atoms with E-state index in [4.69, 9.17) is 27.6 Å². The van der Waals surface area contributed by atoms with E-state index >= 15 is 0 Å². The monoisotopic (exact) mass is 655 g/mol. The van der Waals surface area contributed by atoms with Crippen molar-refractivity contribution in [3.63, 3.8) is 0 Å². The van der Waals surface area contributed by atoms with E-state index in [9.17, 15) is 4.79 Å². The molecular formula is C39H43Cl2NO2Si. The zero-order chi connectivity index (χ0) is 31.8. The quantitative estimate of drug-likeness (QED) is 0.168. The summed E-state index contributed by atoms with van der Waals surface area (Å²) >= 11 is 12.9. The summed E-state index contributed by atoms with van der Waals surface area (Å²) in [6.07, 6.45) is 2.96. The van der Waals surface area contributed by atoms with Crippen LogP contribution in [0.1, 0.15) is 70.0 Å². The zero-order valence-corrected chi connectivity index (χ0v) is 29.1. The Bertz CT molecular complexity index is 1560. The van der Waals surface area contributed by atoms with Gasteiger partial charge in [0.1, 0.15) is 0 Å². The van der Waals surface area contributed by atoms with E-state index in [1.54, 1.807) is 0 Å². The normalized spacial score (nSPS) is 21.5. The van der Waals surface area contributed by atoms with Crippen molar-refractivity contribution in [3.05, 3.63) is 130 Å². The Labute approximate surface area is 279 Å². The van der Waals surface area contributed by atoms with Crippen molar-refractivity contribution in [1.82, 2.24) is 4.90 Å². The lowest BCUT2D eigenvalue weighted by Gasteiger charge is -2.50. The third-order valence-electron chi connectivity index (χ3n) is 9.86. The fraction of sp³-hybridized carbons (Fsp3) is 0.359. The molecule has 4 aromatic carbocycles. The van der Waals surface area contributed by atoms with Crippen LogP contribution in [0.5, 0.6) is 0 Å². The summed E-state index contributed by atoms with van der Waals surface area (Å²) in [7, 11) is -2.80. The van der Waals surface area contributed by atoms with E-state index in [-0.39, 0.29) is 34.9 Å². The van der Waals surface area contributed by atoms with Gasteiger partial charge in [-0.25, -0.2) is 0 Å². The summed E-state index contributed by atoms with van der Waals surface area (Å²) in [4.78, 5) is 16.7. The molecule has 2 aliphatic rings. The van der Waals surface area contributed by atoms with Gasteiger partial charge >= 0.3 is 0 Å². The van der Waals surface area contributed by atoms with Crippen LogP contribution in [0, 0.1) is 11.8 Å². The standard InChI is InChI=1S/C39H43Cl2NO2Si/c1-27-24-35(30-12-11-13-32(41)25-30)37(29-20-22-31(40)23-21-29)42(38(27)43)36(28-18-19-28)26-44-45(39(2,3)4,33-14-7-5-8-15-33)34-16-9-6-10-17-34/h5-17,20-23,25,27-28,35-37H,18-19,24,26H2,1-4H3/t27?,35-,36-,37-/m1/s1. The highest BCUT2D eigenvalue weighted by atomic mass is 35.5. The summed E-state index contributed by atoms with van der Waals surface area (Å²) in [5.41, 5.74) is 2.26. The van der Waals surface area contributed by atoms with E-state index in [0.717, 1.165) is 30.4 Å². The van der Waals surface area contributed by atoms with Gasteiger partial charge in [0.25, 0.3) is 8.32 Å². The third kappa shape index (κ3) is 6.40. The predicted molar refractivity (Wildman–Crippen MR) is 189 cm³/mol. The Kier molecular flexibility index (Phi) is 9.32. The maximum Gasteiger partial charge on any atom is 0.261 e. The molecule has 1 aliphatic carbocycles. The maximum absolute atomic E-state index is 14.5. The first kappa shape index (κ1) is 32.1. The number of hydrogen-bond donors (Lipinski definition) is 0. The molecule has 0 radical (unpaired) electrons. The predicted octanol–water partition coefficient (Wildman–Crippen LogP) is 9.04. The molecule has 3 nitrogen and oxygen atoms in total.